The van der Waals surface area contributed by atoms with E-state index in [2.05, 4.69) is 25.6 Å². The van der Waals surface area contributed by atoms with Gasteiger partial charge in [0.2, 0.25) is 0 Å². The van der Waals surface area contributed by atoms with Crippen LogP contribution >= 0.6 is 11.6 Å². The highest BCUT2D eigenvalue weighted by Crippen LogP contribution is 2.30. The Labute approximate surface area is 166 Å². The lowest BCUT2D eigenvalue weighted by Crippen LogP contribution is -2.23. The predicted octanol–water partition coefficient (Wildman–Crippen LogP) is 3.83. The molecule has 3 rings (SSSR count). The van der Waals surface area contributed by atoms with E-state index in [0.717, 1.165) is 0 Å². The third kappa shape index (κ3) is 4.17. The number of pyridine rings is 1. The van der Waals surface area contributed by atoms with Gasteiger partial charge in [-0.3, -0.25) is 9.78 Å². The first-order valence-electron chi connectivity index (χ1n) is 8.39. The number of methoxy groups -OCH3 is 1. The average Bonchev–Trinajstić information content (AvgIpc) is 2.70. The Hall–Kier alpha value is -3.26. The highest BCUT2D eigenvalue weighted by molar-refractivity contribution is 6.30. The minimum Gasteiger partial charge on any atom is -0.491 e. The fourth-order valence-corrected chi connectivity index (χ4v) is 2.65. The number of carbonyl (C=O) groups is 1. The largest absolute Gasteiger partial charge is 0.491 e. The lowest BCUT2D eigenvalue weighted by atomic mass is 10.2. The molecule has 3 aromatic rings. The Balaban J connectivity index is 2.03. The van der Waals surface area contributed by atoms with Gasteiger partial charge in [-0.15, -0.1) is 0 Å². The summed E-state index contributed by atoms with van der Waals surface area (Å²) in [7, 11) is 1.46. The number of halogens is 2. The highest BCUT2D eigenvalue weighted by Gasteiger charge is 2.16. The minimum atomic E-state index is -0.507. The molecule has 1 amide bonds. The van der Waals surface area contributed by atoms with Gasteiger partial charge in [0, 0.05) is 24.0 Å². The number of hydrogen-bond donors (Lipinski definition) is 2. The summed E-state index contributed by atoms with van der Waals surface area (Å²) in [5.74, 6) is -0.0786. The first-order valence-corrected chi connectivity index (χ1v) is 8.77. The molecule has 9 heteroatoms. The SMILES string of the molecule is CCNC(=O)c1cnccc1Nc1nc(-c2cc(Cl)ccc2F)ncc1OC. The summed E-state index contributed by atoms with van der Waals surface area (Å²) in [5, 5.41) is 6.12. The highest BCUT2D eigenvalue weighted by atomic mass is 35.5. The quantitative estimate of drug-likeness (QED) is 0.652. The van der Waals surface area contributed by atoms with Crippen molar-refractivity contribution in [1.29, 1.82) is 0 Å². The van der Waals surface area contributed by atoms with E-state index in [0.29, 0.717) is 28.6 Å². The standard InChI is InChI=1S/C19H17ClFN5O2/c1-3-23-19(27)13-9-22-7-6-15(13)25-18-16(28-2)10-24-17(26-18)12-8-11(20)4-5-14(12)21/h4-10H,3H2,1-2H3,(H,23,27)(H,22,24,25,26). The van der Waals surface area contributed by atoms with Crippen LogP contribution in [0, 0.1) is 5.82 Å². The molecule has 0 atom stereocenters. The normalized spacial score (nSPS) is 10.4. The van der Waals surface area contributed by atoms with Crippen LogP contribution in [0.3, 0.4) is 0 Å². The number of carbonyl (C=O) groups excluding carboxylic acids is 1. The van der Waals surface area contributed by atoms with Gasteiger partial charge in [0.1, 0.15) is 5.82 Å². The summed E-state index contributed by atoms with van der Waals surface area (Å²) in [6.07, 6.45) is 4.40. The molecule has 2 aromatic heterocycles. The topological polar surface area (TPSA) is 89.0 Å². The average molecular weight is 402 g/mol. The molecule has 0 unspecified atom stereocenters. The van der Waals surface area contributed by atoms with Crippen LogP contribution in [-0.4, -0.2) is 34.5 Å². The molecule has 28 heavy (non-hydrogen) atoms. The number of hydrogen-bond acceptors (Lipinski definition) is 6. The maximum Gasteiger partial charge on any atom is 0.254 e. The Morgan fingerprint density at radius 2 is 2.11 bits per heavy atom. The van der Waals surface area contributed by atoms with E-state index in [1.54, 1.807) is 6.07 Å². The van der Waals surface area contributed by atoms with Gasteiger partial charge < -0.3 is 15.4 Å². The molecule has 2 N–H and O–H groups in total. The van der Waals surface area contributed by atoms with Crippen LogP contribution < -0.4 is 15.4 Å². The second-order valence-corrected chi connectivity index (χ2v) is 6.08. The molecule has 1 aromatic carbocycles. The molecule has 0 aliphatic rings. The van der Waals surface area contributed by atoms with Crippen molar-refractivity contribution in [2.75, 3.05) is 19.0 Å². The molecule has 0 spiro atoms. The van der Waals surface area contributed by atoms with Crippen molar-refractivity contribution in [3.05, 3.63) is 59.3 Å². The van der Waals surface area contributed by atoms with E-state index in [9.17, 15) is 9.18 Å². The van der Waals surface area contributed by atoms with Crippen molar-refractivity contribution in [3.8, 4) is 17.1 Å². The van der Waals surface area contributed by atoms with Gasteiger partial charge in [-0.2, -0.15) is 0 Å². The molecular weight excluding hydrogens is 385 g/mol. The summed E-state index contributed by atoms with van der Waals surface area (Å²) < 4.78 is 19.5. The number of benzene rings is 1. The van der Waals surface area contributed by atoms with Crippen LogP contribution in [0.5, 0.6) is 5.75 Å². The van der Waals surface area contributed by atoms with Gasteiger partial charge in [-0.25, -0.2) is 14.4 Å². The molecule has 0 saturated carbocycles. The molecule has 2 heterocycles. The lowest BCUT2D eigenvalue weighted by molar-refractivity contribution is 0.0956. The van der Waals surface area contributed by atoms with E-state index in [4.69, 9.17) is 16.3 Å². The van der Waals surface area contributed by atoms with Crippen molar-refractivity contribution in [2.45, 2.75) is 6.92 Å². The number of anilines is 2. The number of nitrogens with zero attached hydrogens (tertiary/aromatic N) is 3. The van der Waals surface area contributed by atoms with Gasteiger partial charge in [-0.1, -0.05) is 11.6 Å². The van der Waals surface area contributed by atoms with E-state index >= 15 is 0 Å². The van der Waals surface area contributed by atoms with Crippen LogP contribution in [0.4, 0.5) is 15.9 Å². The van der Waals surface area contributed by atoms with Gasteiger partial charge in [-0.05, 0) is 31.2 Å². The maximum absolute atomic E-state index is 14.2. The van der Waals surface area contributed by atoms with Crippen molar-refractivity contribution in [2.24, 2.45) is 0 Å². The van der Waals surface area contributed by atoms with E-state index in [1.807, 2.05) is 6.92 Å². The second kappa shape index (κ2) is 8.62. The lowest BCUT2D eigenvalue weighted by Gasteiger charge is -2.14. The zero-order chi connectivity index (χ0) is 20.1. The number of nitrogens with one attached hydrogen (secondary N) is 2. The Morgan fingerprint density at radius 3 is 2.86 bits per heavy atom. The second-order valence-electron chi connectivity index (χ2n) is 5.64. The minimum absolute atomic E-state index is 0.122. The number of ether oxygens (including phenoxy) is 1. The first kappa shape index (κ1) is 19.5. The molecule has 0 saturated heterocycles. The van der Waals surface area contributed by atoms with Crippen molar-refractivity contribution in [3.63, 3.8) is 0 Å². The smallest absolute Gasteiger partial charge is 0.254 e. The zero-order valence-corrected chi connectivity index (χ0v) is 15.9. The number of rotatable bonds is 6. The molecule has 144 valence electrons. The zero-order valence-electron chi connectivity index (χ0n) is 15.2. The van der Waals surface area contributed by atoms with Crippen LogP contribution in [0.1, 0.15) is 17.3 Å². The van der Waals surface area contributed by atoms with Crippen molar-refractivity contribution in [1.82, 2.24) is 20.3 Å². The summed E-state index contributed by atoms with van der Waals surface area (Å²) >= 11 is 5.97. The summed E-state index contributed by atoms with van der Waals surface area (Å²) in [6.45, 7) is 2.29. The van der Waals surface area contributed by atoms with Crippen LogP contribution in [0.25, 0.3) is 11.4 Å². The fourth-order valence-electron chi connectivity index (χ4n) is 2.48. The van der Waals surface area contributed by atoms with Gasteiger partial charge in [0.25, 0.3) is 5.91 Å². The van der Waals surface area contributed by atoms with E-state index in [1.165, 1.54) is 43.9 Å². The van der Waals surface area contributed by atoms with Gasteiger partial charge in [0.15, 0.2) is 17.4 Å². The van der Waals surface area contributed by atoms with Gasteiger partial charge in [0.05, 0.1) is 30.1 Å². The summed E-state index contributed by atoms with van der Waals surface area (Å²) in [4.78, 5) is 24.8. The van der Waals surface area contributed by atoms with E-state index in [-0.39, 0.29) is 23.1 Å². The molecule has 0 aliphatic carbocycles. The Morgan fingerprint density at radius 1 is 1.29 bits per heavy atom. The third-order valence-electron chi connectivity index (χ3n) is 3.80. The molecule has 0 radical (unpaired) electrons. The Kier molecular flexibility index (Phi) is 6.00. The van der Waals surface area contributed by atoms with Crippen LogP contribution in [-0.2, 0) is 0 Å². The van der Waals surface area contributed by atoms with Gasteiger partial charge >= 0.3 is 0 Å². The predicted molar refractivity (Wildman–Crippen MR) is 105 cm³/mol. The van der Waals surface area contributed by atoms with Crippen molar-refractivity contribution >= 4 is 29.0 Å². The molecule has 0 fully saturated rings. The summed E-state index contributed by atoms with van der Waals surface area (Å²) in [5.41, 5.74) is 0.952. The fraction of sp³-hybridized carbons (Fsp3) is 0.158. The maximum atomic E-state index is 14.2. The molecule has 0 aliphatic heterocycles. The molecular formula is C19H17ClFN5O2. The monoisotopic (exact) mass is 401 g/mol. The van der Waals surface area contributed by atoms with Crippen molar-refractivity contribution < 1.29 is 13.9 Å². The van der Waals surface area contributed by atoms with Crippen LogP contribution in [0.15, 0.2) is 42.9 Å². The van der Waals surface area contributed by atoms with Crippen LogP contribution in [0.2, 0.25) is 5.02 Å². The first-order chi connectivity index (χ1) is 13.5. The molecule has 0 bridgehead atoms. The number of amides is 1. The molecule has 7 nitrogen and oxygen atoms in total. The number of aromatic nitrogens is 3. The third-order valence-corrected chi connectivity index (χ3v) is 4.04. The summed E-state index contributed by atoms with van der Waals surface area (Å²) in [6, 6.07) is 5.76. The van der Waals surface area contributed by atoms with E-state index < -0.39 is 5.82 Å². The Bertz CT molecular complexity index is 1020.